The molecule has 2 aromatic rings. The van der Waals surface area contributed by atoms with E-state index in [4.69, 9.17) is 0 Å². The van der Waals surface area contributed by atoms with E-state index in [-0.39, 0.29) is 11.8 Å². The molecule has 0 atom stereocenters. The standard InChI is InChI=1S/C20H26N6O2/c1-14-13-22-20(21-10-4-12-26-11-3-5-18(26)28)25-19(14)24-17-8-6-16(7-9-17)23-15(2)27/h6-9,13H,3-5,10-12H2,1-2H3,(H,23,27)(H2,21,22,24,25). The average molecular weight is 382 g/mol. The van der Waals surface area contributed by atoms with Crippen LogP contribution >= 0.6 is 0 Å². The van der Waals surface area contributed by atoms with Gasteiger partial charge in [-0.2, -0.15) is 4.98 Å². The molecule has 1 aromatic carbocycles. The van der Waals surface area contributed by atoms with Crippen molar-refractivity contribution >= 4 is 35.0 Å². The van der Waals surface area contributed by atoms with Crippen molar-refractivity contribution in [3.63, 3.8) is 0 Å². The Kier molecular flexibility index (Phi) is 6.41. The van der Waals surface area contributed by atoms with Gasteiger partial charge in [-0.3, -0.25) is 9.59 Å². The lowest BCUT2D eigenvalue weighted by Gasteiger charge is -2.15. The second kappa shape index (κ2) is 9.16. The van der Waals surface area contributed by atoms with Crippen molar-refractivity contribution in [2.75, 3.05) is 35.6 Å². The Labute approximate surface area is 164 Å². The normalized spacial score (nSPS) is 13.5. The molecule has 0 unspecified atom stereocenters. The van der Waals surface area contributed by atoms with Crippen LogP contribution in [-0.2, 0) is 9.59 Å². The maximum Gasteiger partial charge on any atom is 0.224 e. The quantitative estimate of drug-likeness (QED) is 0.607. The molecule has 2 amide bonds. The van der Waals surface area contributed by atoms with Gasteiger partial charge >= 0.3 is 0 Å². The number of benzene rings is 1. The number of aryl methyl sites for hydroxylation is 1. The van der Waals surface area contributed by atoms with Crippen molar-refractivity contribution in [1.29, 1.82) is 0 Å². The number of anilines is 4. The van der Waals surface area contributed by atoms with E-state index >= 15 is 0 Å². The molecule has 148 valence electrons. The van der Waals surface area contributed by atoms with Crippen molar-refractivity contribution in [3.8, 4) is 0 Å². The lowest BCUT2D eigenvalue weighted by molar-refractivity contribution is -0.127. The number of carbonyl (C=O) groups is 2. The molecular weight excluding hydrogens is 356 g/mol. The first-order chi connectivity index (χ1) is 13.5. The minimum atomic E-state index is -0.0998. The largest absolute Gasteiger partial charge is 0.354 e. The molecule has 0 bridgehead atoms. The summed E-state index contributed by atoms with van der Waals surface area (Å²) >= 11 is 0. The van der Waals surface area contributed by atoms with Crippen LogP contribution in [0.25, 0.3) is 0 Å². The van der Waals surface area contributed by atoms with Crippen LogP contribution in [0.5, 0.6) is 0 Å². The number of nitrogens with zero attached hydrogens (tertiary/aromatic N) is 3. The van der Waals surface area contributed by atoms with Crippen molar-refractivity contribution in [2.45, 2.75) is 33.1 Å². The van der Waals surface area contributed by atoms with Crippen LogP contribution in [0, 0.1) is 6.92 Å². The van der Waals surface area contributed by atoms with Gasteiger partial charge in [0.1, 0.15) is 5.82 Å². The molecule has 1 aromatic heterocycles. The summed E-state index contributed by atoms with van der Waals surface area (Å²) in [5.74, 6) is 1.43. The number of amides is 2. The minimum absolute atomic E-state index is 0.0998. The van der Waals surface area contributed by atoms with Crippen LogP contribution in [0.15, 0.2) is 30.5 Å². The summed E-state index contributed by atoms with van der Waals surface area (Å²) in [4.78, 5) is 33.5. The molecule has 8 nitrogen and oxygen atoms in total. The Morgan fingerprint density at radius 1 is 1.21 bits per heavy atom. The Morgan fingerprint density at radius 3 is 2.64 bits per heavy atom. The van der Waals surface area contributed by atoms with Crippen molar-refractivity contribution < 1.29 is 9.59 Å². The average Bonchev–Trinajstić information content (AvgIpc) is 3.07. The lowest BCUT2D eigenvalue weighted by atomic mass is 10.2. The van der Waals surface area contributed by atoms with Crippen LogP contribution in [0.1, 0.15) is 31.7 Å². The van der Waals surface area contributed by atoms with Gasteiger partial charge in [0.15, 0.2) is 0 Å². The van der Waals surface area contributed by atoms with Gasteiger partial charge in [-0.05, 0) is 44.0 Å². The molecule has 0 aliphatic carbocycles. The zero-order valence-electron chi connectivity index (χ0n) is 16.3. The smallest absolute Gasteiger partial charge is 0.224 e. The molecule has 2 heterocycles. The van der Waals surface area contributed by atoms with Gasteiger partial charge in [-0.1, -0.05) is 0 Å². The first kappa shape index (κ1) is 19.6. The predicted molar refractivity (Wildman–Crippen MR) is 110 cm³/mol. The van der Waals surface area contributed by atoms with E-state index in [2.05, 4.69) is 25.9 Å². The molecule has 28 heavy (non-hydrogen) atoms. The van der Waals surface area contributed by atoms with Crippen LogP contribution in [0.3, 0.4) is 0 Å². The van der Waals surface area contributed by atoms with Gasteiger partial charge in [-0.25, -0.2) is 4.98 Å². The van der Waals surface area contributed by atoms with E-state index < -0.39 is 0 Å². The van der Waals surface area contributed by atoms with Gasteiger partial charge in [0.2, 0.25) is 17.8 Å². The van der Waals surface area contributed by atoms with Crippen LogP contribution in [0.2, 0.25) is 0 Å². The number of hydrogen-bond donors (Lipinski definition) is 3. The zero-order valence-corrected chi connectivity index (χ0v) is 16.3. The van der Waals surface area contributed by atoms with E-state index in [1.165, 1.54) is 6.92 Å². The highest BCUT2D eigenvalue weighted by molar-refractivity contribution is 5.88. The fourth-order valence-electron chi connectivity index (χ4n) is 3.04. The SMILES string of the molecule is CC(=O)Nc1ccc(Nc2nc(NCCCN3CCCC3=O)ncc2C)cc1. The third-order valence-corrected chi connectivity index (χ3v) is 4.50. The molecule has 8 heteroatoms. The summed E-state index contributed by atoms with van der Waals surface area (Å²) in [7, 11) is 0. The number of carbonyl (C=O) groups excluding carboxylic acids is 2. The Morgan fingerprint density at radius 2 is 1.96 bits per heavy atom. The molecule has 1 saturated heterocycles. The Bertz CT molecular complexity index is 837. The van der Waals surface area contributed by atoms with E-state index in [0.29, 0.717) is 18.9 Å². The van der Waals surface area contributed by atoms with Crippen LogP contribution in [0.4, 0.5) is 23.1 Å². The van der Waals surface area contributed by atoms with E-state index in [1.807, 2.05) is 36.1 Å². The molecule has 1 aliphatic heterocycles. The Balaban J connectivity index is 1.53. The summed E-state index contributed by atoms with van der Waals surface area (Å²) in [6, 6.07) is 7.43. The number of nitrogens with one attached hydrogen (secondary N) is 3. The first-order valence-corrected chi connectivity index (χ1v) is 9.51. The van der Waals surface area contributed by atoms with Gasteiger partial charge in [0, 0.05) is 56.1 Å². The van der Waals surface area contributed by atoms with Crippen LogP contribution < -0.4 is 16.0 Å². The predicted octanol–water partition coefficient (Wildman–Crippen LogP) is 2.91. The molecular formula is C20H26N6O2. The third-order valence-electron chi connectivity index (χ3n) is 4.50. The highest BCUT2D eigenvalue weighted by Gasteiger charge is 2.18. The summed E-state index contributed by atoms with van der Waals surface area (Å²) in [6.45, 7) is 5.76. The van der Waals surface area contributed by atoms with Gasteiger partial charge < -0.3 is 20.9 Å². The van der Waals surface area contributed by atoms with E-state index in [0.717, 1.165) is 48.7 Å². The third kappa shape index (κ3) is 5.42. The van der Waals surface area contributed by atoms with Gasteiger partial charge in [0.25, 0.3) is 0 Å². The molecule has 0 spiro atoms. The summed E-state index contributed by atoms with van der Waals surface area (Å²) in [6.07, 6.45) is 4.27. The van der Waals surface area contributed by atoms with Crippen molar-refractivity contribution in [3.05, 3.63) is 36.0 Å². The second-order valence-electron chi connectivity index (χ2n) is 6.87. The number of hydrogen-bond acceptors (Lipinski definition) is 6. The van der Waals surface area contributed by atoms with E-state index in [1.54, 1.807) is 6.20 Å². The summed E-state index contributed by atoms with van der Waals surface area (Å²) in [5.41, 5.74) is 2.55. The van der Waals surface area contributed by atoms with E-state index in [9.17, 15) is 9.59 Å². The second-order valence-corrected chi connectivity index (χ2v) is 6.87. The maximum atomic E-state index is 11.6. The monoisotopic (exact) mass is 382 g/mol. The van der Waals surface area contributed by atoms with Crippen LogP contribution in [-0.4, -0.2) is 46.3 Å². The molecule has 3 rings (SSSR count). The Hall–Kier alpha value is -3.16. The number of rotatable bonds is 8. The fourth-order valence-corrected chi connectivity index (χ4v) is 3.04. The topological polar surface area (TPSA) is 99.2 Å². The number of likely N-dealkylation sites (tertiary alicyclic amines) is 1. The first-order valence-electron chi connectivity index (χ1n) is 9.51. The highest BCUT2D eigenvalue weighted by Crippen LogP contribution is 2.21. The molecule has 1 aliphatic rings. The zero-order chi connectivity index (χ0) is 19.9. The van der Waals surface area contributed by atoms with Crippen molar-refractivity contribution in [2.24, 2.45) is 0 Å². The van der Waals surface area contributed by atoms with Crippen molar-refractivity contribution in [1.82, 2.24) is 14.9 Å². The summed E-state index contributed by atoms with van der Waals surface area (Å²) in [5, 5.41) is 9.24. The molecule has 1 fully saturated rings. The fraction of sp³-hybridized carbons (Fsp3) is 0.400. The van der Waals surface area contributed by atoms with Gasteiger partial charge in [0.05, 0.1) is 0 Å². The minimum Gasteiger partial charge on any atom is -0.354 e. The lowest BCUT2D eigenvalue weighted by Crippen LogP contribution is -2.27. The summed E-state index contributed by atoms with van der Waals surface area (Å²) < 4.78 is 0. The molecule has 0 radical (unpaired) electrons. The highest BCUT2D eigenvalue weighted by atomic mass is 16.2. The molecule has 3 N–H and O–H groups in total. The molecule has 0 saturated carbocycles. The maximum absolute atomic E-state index is 11.6. The van der Waals surface area contributed by atoms with Gasteiger partial charge in [-0.15, -0.1) is 0 Å². The number of aromatic nitrogens is 2.